The molecule has 2 rings (SSSR count). The van der Waals surface area contributed by atoms with Gasteiger partial charge < -0.3 is 9.47 Å². The van der Waals surface area contributed by atoms with Gasteiger partial charge in [0, 0.05) is 0 Å². The van der Waals surface area contributed by atoms with Crippen LogP contribution in [0.3, 0.4) is 0 Å². The van der Waals surface area contributed by atoms with Gasteiger partial charge in [0.15, 0.2) is 5.79 Å². The standard InChI is InChI=1S/C14H21NO5S/c1-14(2)18-10-13(19-14)12(20-21(15,16)17)9-8-11-6-4-3-5-7-11/h3-7,12-13H,8-10H2,1-2H3,(H2,15,16,17)/t12-,13-/m0/s1. The predicted octanol–water partition coefficient (Wildman–Crippen LogP) is 1.36. The van der Waals surface area contributed by atoms with E-state index in [1.165, 1.54) is 0 Å². The smallest absolute Gasteiger partial charge is 0.333 e. The molecule has 2 N–H and O–H groups in total. The van der Waals surface area contributed by atoms with Gasteiger partial charge >= 0.3 is 10.3 Å². The van der Waals surface area contributed by atoms with Crippen molar-refractivity contribution in [3.8, 4) is 0 Å². The van der Waals surface area contributed by atoms with E-state index >= 15 is 0 Å². The molecule has 21 heavy (non-hydrogen) atoms. The van der Waals surface area contributed by atoms with Gasteiger partial charge in [0.2, 0.25) is 0 Å². The molecule has 1 aliphatic heterocycles. The van der Waals surface area contributed by atoms with E-state index in [-0.39, 0.29) is 6.61 Å². The zero-order chi connectivity index (χ0) is 15.5. The van der Waals surface area contributed by atoms with Crippen LogP contribution in [0, 0.1) is 0 Å². The van der Waals surface area contributed by atoms with E-state index < -0.39 is 28.3 Å². The summed E-state index contributed by atoms with van der Waals surface area (Å²) < 4.78 is 38.6. The number of ether oxygens (including phenoxy) is 2. The van der Waals surface area contributed by atoms with Crippen LogP contribution in [0.4, 0.5) is 0 Å². The molecule has 1 aliphatic rings. The van der Waals surface area contributed by atoms with Crippen molar-refractivity contribution in [1.29, 1.82) is 0 Å². The number of aryl methyl sites for hydroxylation is 1. The van der Waals surface area contributed by atoms with Crippen molar-refractivity contribution < 1.29 is 22.1 Å². The minimum Gasteiger partial charge on any atom is -0.348 e. The van der Waals surface area contributed by atoms with Crippen LogP contribution in [0.1, 0.15) is 25.8 Å². The van der Waals surface area contributed by atoms with Crippen molar-refractivity contribution >= 4 is 10.3 Å². The molecule has 0 aliphatic carbocycles. The van der Waals surface area contributed by atoms with Crippen LogP contribution < -0.4 is 5.14 Å². The van der Waals surface area contributed by atoms with Gasteiger partial charge in [0.25, 0.3) is 0 Å². The Kier molecular flexibility index (Phi) is 5.00. The number of hydrogen-bond acceptors (Lipinski definition) is 5. The van der Waals surface area contributed by atoms with Crippen molar-refractivity contribution in [3.63, 3.8) is 0 Å². The number of hydrogen-bond donors (Lipinski definition) is 1. The first kappa shape index (κ1) is 16.4. The lowest BCUT2D eigenvalue weighted by atomic mass is 10.0. The molecule has 0 saturated carbocycles. The summed E-state index contributed by atoms with van der Waals surface area (Å²) in [6.45, 7) is 3.83. The van der Waals surface area contributed by atoms with Gasteiger partial charge in [-0.2, -0.15) is 8.42 Å². The highest BCUT2D eigenvalue weighted by Crippen LogP contribution is 2.27. The number of nitrogens with two attached hydrogens (primary N) is 1. The summed E-state index contributed by atoms with van der Waals surface area (Å²) in [6, 6.07) is 9.75. The lowest BCUT2D eigenvalue weighted by molar-refractivity contribution is -0.148. The Morgan fingerprint density at radius 3 is 2.57 bits per heavy atom. The highest BCUT2D eigenvalue weighted by Gasteiger charge is 2.39. The van der Waals surface area contributed by atoms with E-state index in [1.54, 1.807) is 13.8 Å². The van der Waals surface area contributed by atoms with Crippen molar-refractivity contribution in [2.75, 3.05) is 6.61 Å². The first-order valence-electron chi connectivity index (χ1n) is 6.82. The predicted molar refractivity (Wildman–Crippen MR) is 77.6 cm³/mol. The molecule has 1 saturated heterocycles. The van der Waals surface area contributed by atoms with E-state index in [4.69, 9.17) is 18.8 Å². The third-order valence-corrected chi connectivity index (χ3v) is 3.78. The van der Waals surface area contributed by atoms with E-state index in [9.17, 15) is 8.42 Å². The summed E-state index contributed by atoms with van der Waals surface area (Å²) in [7, 11) is -4.04. The lowest BCUT2D eigenvalue weighted by Crippen LogP contribution is -2.37. The van der Waals surface area contributed by atoms with Gasteiger partial charge in [-0.05, 0) is 32.3 Å². The molecule has 6 nitrogen and oxygen atoms in total. The first-order chi connectivity index (χ1) is 9.75. The molecule has 2 atom stereocenters. The molecule has 0 aromatic heterocycles. The second kappa shape index (κ2) is 6.41. The maximum atomic E-state index is 11.2. The molecule has 118 valence electrons. The molecule has 0 amide bonds. The van der Waals surface area contributed by atoms with E-state index in [1.807, 2.05) is 30.3 Å². The summed E-state index contributed by atoms with van der Waals surface area (Å²) in [5, 5.41) is 4.99. The molecule has 0 bridgehead atoms. The largest absolute Gasteiger partial charge is 0.348 e. The van der Waals surface area contributed by atoms with Gasteiger partial charge in [-0.15, -0.1) is 0 Å². The Morgan fingerprint density at radius 1 is 1.38 bits per heavy atom. The average Bonchev–Trinajstić information content (AvgIpc) is 2.75. The van der Waals surface area contributed by atoms with E-state index in [0.717, 1.165) is 5.56 Å². The van der Waals surface area contributed by atoms with Crippen molar-refractivity contribution in [2.45, 2.75) is 44.7 Å². The third-order valence-electron chi connectivity index (χ3n) is 3.26. The van der Waals surface area contributed by atoms with Gasteiger partial charge in [0.1, 0.15) is 12.2 Å². The molecule has 7 heteroatoms. The Labute approximate surface area is 125 Å². The second-order valence-electron chi connectivity index (χ2n) is 5.52. The topological polar surface area (TPSA) is 87.9 Å². The Morgan fingerprint density at radius 2 is 2.05 bits per heavy atom. The molecular weight excluding hydrogens is 294 g/mol. The maximum Gasteiger partial charge on any atom is 0.333 e. The molecule has 1 fully saturated rings. The highest BCUT2D eigenvalue weighted by atomic mass is 32.2. The Bertz CT molecular complexity index is 558. The first-order valence-corrected chi connectivity index (χ1v) is 8.29. The number of rotatable bonds is 6. The average molecular weight is 315 g/mol. The SMILES string of the molecule is CC1(C)OC[C@@H]([C@H](CCc2ccccc2)OS(N)(=O)=O)O1. The Hall–Kier alpha value is -0.990. The van der Waals surface area contributed by atoms with Crippen LogP contribution in [0.15, 0.2) is 30.3 Å². The summed E-state index contributed by atoms with van der Waals surface area (Å²) >= 11 is 0. The Balaban J connectivity index is 2.02. The van der Waals surface area contributed by atoms with Gasteiger partial charge in [-0.3, -0.25) is 4.18 Å². The minimum atomic E-state index is -4.04. The highest BCUT2D eigenvalue weighted by molar-refractivity contribution is 7.84. The molecular formula is C14H21NO5S. The fourth-order valence-corrected chi connectivity index (χ4v) is 2.89. The van der Waals surface area contributed by atoms with Crippen molar-refractivity contribution in [2.24, 2.45) is 5.14 Å². The van der Waals surface area contributed by atoms with Crippen LogP contribution in [0.5, 0.6) is 0 Å². The lowest BCUT2D eigenvalue weighted by Gasteiger charge is -2.23. The van der Waals surface area contributed by atoms with Gasteiger partial charge in [-0.25, -0.2) is 5.14 Å². The van der Waals surface area contributed by atoms with E-state index in [2.05, 4.69) is 0 Å². The van der Waals surface area contributed by atoms with Crippen molar-refractivity contribution in [3.05, 3.63) is 35.9 Å². The van der Waals surface area contributed by atoms with E-state index in [0.29, 0.717) is 12.8 Å². The zero-order valence-corrected chi connectivity index (χ0v) is 13.0. The summed E-state index contributed by atoms with van der Waals surface area (Å²) in [5.41, 5.74) is 1.10. The summed E-state index contributed by atoms with van der Waals surface area (Å²) in [5.74, 6) is -0.739. The molecule has 0 radical (unpaired) electrons. The van der Waals surface area contributed by atoms with Crippen LogP contribution in [-0.4, -0.2) is 33.0 Å². The molecule has 1 aromatic carbocycles. The quantitative estimate of drug-likeness (QED) is 0.856. The van der Waals surface area contributed by atoms with Crippen LogP contribution in [0.2, 0.25) is 0 Å². The maximum absolute atomic E-state index is 11.2. The van der Waals surface area contributed by atoms with Gasteiger partial charge in [-0.1, -0.05) is 30.3 Å². The normalized spacial score (nSPS) is 23.1. The molecule has 0 unspecified atom stereocenters. The second-order valence-corrected chi connectivity index (χ2v) is 6.70. The summed E-state index contributed by atoms with van der Waals surface area (Å²) in [6.07, 6.45) is 0.0234. The van der Waals surface area contributed by atoms with Gasteiger partial charge in [0.05, 0.1) is 6.61 Å². The monoisotopic (exact) mass is 315 g/mol. The van der Waals surface area contributed by atoms with Crippen LogP contribution in [-0.2, 0) is 30.4 Å². The van der Waals surface area contributed by atoms with Crippen LogP contribution in [0.25, 0.3) is 0 Å². The fourth-order valence-electron chi connectivity index (χ4n) is 2.32. The zero-order valence-electron chi connectivity index (χ0n) is 12.2. The summed E-state index contributed by atoms with van der Waals surface area (Å²) in [4.78, 5) is 0. The molecule has 1 heterocycles. The molecule has 0 spiro atoms. The minimum absolute atomic E-state index is 0.280. The molecule has 1 aromatic rings. The third kappa shape index (κ3) is 5.37. The fraction of sp³-hybridized carbons (Fsp3) is 0.571. The van der Waals surface area contributed by atoms with Crippen molar-refractivity contribution in [1.82, 2.24) is 0 Å². The number of benzene rings is 1. The van der Waals surface area contributed by atoms with Crippen LogP contribution >= 0.6 is 0 Å².